The molecule has 0 saturated heterocycles. The fraction of sp³-hybridized carbons (Fsp3) is 0.526. The van der Waals surface area contributed by atoms with E-state index in [1.54, 1.807) is 7.11 Å². The number of hydrogen-bond acceptors (Lipinski definition) is 3. The number of carbonyl (C=O) groups excluding carboxylic acids is 1. The number of esters is 1. The van der Waals surface area contributed by atoms with Gasteiger partial charge in [-0.25, -0.2) is 4.79 Å². The predicted octanol–water partition coefficient (Wildman–Crippen LogP) is 4.83. The largest absolute Gasteiger partial charge is 0.493 e. The number of unbranched alkanes of at least 4 members (excludes halogenated alkanes) is 6. The van der Waals surface area contributed by atoms with Crippen molar-refractivity contribution < 1.29 is 14.3 Å². The van der Waals surface area contributed by atoms with Crippen molar-refractivity contribution >= 4 is 5.97 Å². The Morgan fingerprint density at radius 3 is 2.73 bits per heavy atom. The molecule has 0 spiro atoms. The summed E-state index contributed by atoms with van der Waals surface area (Å²) in [4.78, 5) is 12.1. The molecule has 0 bridgehead atoms. The number of benzene rings is 1. The number of methoxy groups -OCH3 is 1. The topological polar surface area (TPSA) is 35.5 Å². The third-order valence-corrected chi connectivity index (χ3v) is 4.07. The maximum atomic E-state index is 12.1. The fourth-order valence-corrected chi connectivity index (χ4v) is 2.77. The molecule has 0 aliphatic carbocycles. The van der Waals surface area contributed by atoms with Crippen LogP contribution in [0.1, 0.15) is 57.4 Å². The van der Waals surface area contributed by atoms with Crippen molar-refractivity contribution in [3.05, 3.63) is 35.4 Å². The maximum absolute atomic E-state index is 12.1. The molecule has 0 saturated carbocycles. The number of hydrogen-bond donors (Lipinski definition) is 0. The highest BCUT2D eigenvalue weighted by Gasteiger charge is 2.24. The van der Waals surface area contributed by atoms with Gasteiger partial charge in [0.1, 0.15) is 0 Å². The van der Waals surface area contributed by atoms with Crippen molar-refractivity contribution in [1.82, 2.24) is 0 Å². The zero-order valence-corrected chi connectivity index (χ0v) is 13.7. The molecule has 1 heterocycles. The highest BCUT2D eigenvalue weighted by atomic mass is 16.6. The van der Waals surface area contributed by atoms with Crippen molar-refractivity contribution in [1.29, 1.82) is 0 Å². The quantitative estimate of drug-likeness (QED) is 0.298. The van der Waals surface area contributed by atoms with E-state index in [1.165, 1.54) is 32.1 Å². The molecular weight excluding hydrogens is 276 g/mol. The van der Waals surface area contributed by atoms with Crippen LogP contribution < -0.4 is 9.47 Å². The minimum Gasteiger partial charge on any atom is -0.493 e. The highest BCUT2D eigenvalue weighted by Crippen LogP contribution is 2.36. The summed E-state index contributed by atoms with van der Waals surface area (Å²) in [5.74, 6) is 0.968. The van der Waals surface area contributed by atoms with Crippen molar-refractivity contribution in [2.75, 3.05) is 7.11 Å². The Bertz CT molecular complexity index is 531. The molecule has 1 aliphatic heterocycles. The zero-order chi connectivity index (χ0) is 15.8. The molecule has 0 fully saturated rings. The lowest BCUT2D eigenvalue weighted by atomic mass is 9.99. The molecule has 0 radical (unpaired) electrons. The van der Waals surface area contributed by atoms with E-state index in [-0.39, 0.29) is 5.97 Å². The van der Waals surface area contributed by atoms with E-state index in [0.717, 1.165) is 24.0 Å². The number of para-hydroxylation sites is 1. The summed E-state index contributed by atoms with van der Waals surface area (Å²) in [5.41, 5.74) is 1.79. The lowest BCUT2D eigenvalue weighted by Crippen LogP contribution is -2.20. The third kappa shape index (κ3) is 4.36. The number of allylic oxidation sites excluding steroid dienone is 1. The van der Waals surface area contributed by atoms with Gasteiger partial charge in [0.05, 0.1) is 7.11 Å². The smallest absolute Gasteiger partial charge is 0.339 e. The van der Waals surface area contributed by atoms with Gasteiger partial charge < -0.3 is 9.47 Å². The van der Waals surface area contributed by atoms with E-state index >= 15 is 0 Å². The molecule has 0 aromatic heterocycles. The van der Waals surface area contributed by atoms with Gasteiger partial charge in [-0.15, -0.1) is 0 Å². The number of rotatable bonds is 8. The Hall–Kier alpha value is -1.77. The zero-order valence-electron chi connectivity index (χ0n) is 13.7. The van der Waals surface area contributed by atoms with Crippen molar-refractivity contribution in [3.8, 4) is 11.5 Å². The summed E-state index contributed by atoms with van der Waals surface area (Å²) in [7, 11) is 1.59. The fourth-order valence-electron chi connectivity index (χ4n) is 2.77. The van der Waals surface area contributed by atoms with E-state index in [2.05, 4.69) is 6.92 Å². The Kier molecular flexibility index (Phi) is 6.50. The molecule has 22 heavy (non-hydrogen) atoms. The predicted molar refractivity (Wildman–Crippen MR) is 88.4 cm³/mol. The van der Waals surface area contributed by atoms with Crippen LogP contribution >= 0.6 is 0 Å². The second-order valence-corrected chi connectivity index (χ2v) is 5.80. The Labute approximate surface area is 133 Å². The third-order valence-electron chi connectivity index (χ3n) is 4.07. The average molecular weight is 302 g/mol. The molecule has 1 aromatic rings. The van der Waals surface area contributed by atoms with Crippen LogP contribution in [0.2, 0.25) is 0 Å². The SMILES string of the molecule is CCCCCCCC/C=C1\Cc2cccc(OC)c2OC1=O. The van der Waals surface area contributed by atoms with E-state index < -0.39 is 0 Å². The van der Waals surface area contributed by atoms with E-state index in [1.807, 2.05) is 24.3 Å². The lowest BCUT2D eigenvalue weighted by Gasteiger charge is -2.20. The van der Waals surface area contributed by atoms with E-state index in [9.17, 15) is 4.79 Å². The van der Waals surface area contributed by atoms with Crippen LogP contribution in [-0.2, 0) is 11.2 Å². The van der Waals surface area contributed by atoms with Gasteiger partial charge in [0, 0.05) is 17.6 Å². The van der Waals surface area contributed by atoms with Crippen LogP contribution in [0, 0.1) is 0 Å². The minimum atomic E-state index is -0.233. The molecule has 3 heteroatoms. The number of ether oxygens (including phenoxy) is 2. The molecule has 0 unspecified atom stereocenters. The Morgan fingerprint density at radius 2 is 1.95 bits per heavy atom. The number of fused-ring (bicyclic) bond motifs is 1. The van der Waals surface area contributed by atoms with Gasteiger partial charge in [-0.05, 0) is 18.9 Å². The number of carbonyl (C=O) groups is 1. The molecular formula is C19H26O3. The summed E-state index contributed by atoms with van der Waals surface area (Å²) < 4.78 is 10.7. The van der Waals surface area contributed by atoms with Crippen molar-refractivity contribution in [2.24, 2.45) is 0 Å². The summed E-state index contributed by atoms with van der Waals surface area (Å²) in [6.07, 6.45) is 11.2. The second-order valence-electron chi connectivity index (χ2n) is 5.80. The van der Waals surface area contributed by atoms with Gasteiger partial charge in [-0.2, -0.15) is 0 Å². The summed E-state index contributed by atoms with van der Waals surface area (Å²) in [6.45, 7) is 2.23. The first kappa shape index (κ1) is 16.6. The van der Waals surface area contributed by atoms with Gasteiger partial charge in [0.2, 0.25) is 0 Å². The summed E-state index contributed by atoms with van der Waals surface area (Å²) in [6, 6.07) is 5.74. The summed E-state index contributed by atoms with van der Waals surface area (Å²) in [5, 5.41) is 0. The molecule has 0 atom stereocenters. The van der Waals surface area contributed by atoms with Crippen LogP contribution in [0.4, 0.5) is 0 Å². The summed E-state index contributed by atoms with van der Waals surface area (Å²) >= 11 is 0. The molecule has 120 valence electrons. The van der Waals surface area contributed by atoms with Crippen molar-refractivity contribution in [3.63, 3.8) is 0 Å². The lowest BCUT2D eigenvalue weighted by molar-refractivity contribution is -0.131. The maximum Gasteiger partial charge on any atom is 0.339 e. The molecule has 0 amide bonds. The first-order valence-corrected chi connectivity index (χ1v) is 8.33. The molecule has 1 aliphatic rings. The molecule has 1 aromatic carbocycles. The Balaban J connectivity index is 1.88. The average Bonchev–Trinajstić information content (AvgIpc) is 2.53. The minimum absolute atomic E-state index is 0.233. The molecule has 2 rings (SSSR count). The van der Waals surface area contributed by atoms with Gasteiger partial charge in [-0.1, -0.05) is 57.2 Å². The van der Waals surface area contributed by atoms with Crippen LogP contribution in [0.15, 0.2) is 29.8 Å². The standard InChI is InChI=1S/C19H26O3/c1-3-4-5-6-7-8-9-11-16-14-15-12-10-13-17(21-2)18(15)22-19(16)20/h10-13H,3-9,14H2,1-2H3/b16-11+. The van der Waals surface area contributed by atoms with Gasteiger partial charge in [-0.3, -0.25) is 0 Å². The Morgan fingerprint density at radius 1 is 1.18 bits per heavy atom. The van der Waals surface area contributed by atoms with Crippen LogP contribution in [0.25, 0.3) is 0 Å². The second kappa shape index (κ2) is 8.62. The van der Waals surface area contributed by atoms with Crippen LogP contribution in [-0.4, -0.2) is 13.1 Å². The van der Waals surface area contributed by atoms with Gasteiger partial charge >= 0.3 is 5.97 Å². The monoisotopic (exact) mass is 302 g/mol. The van der Waals surface area contributed by atoms with Crippen LogP contribution in [0.3, 0.4) is 0 Å². The first-order chi connectivity index (χ1) is 10.8. The first-order valence-electron chi connectivity index (χ1n) is 8.33. The van der Waals surface area contributed by atoms with E-state index in [0.29, 0.717) is 17.9 Å². The van der Waals surface area contributed by atoms with Gasteiger partial charge in [0.25, 0.3) is 0 Å². The van der Waals surface area contributed by atoms with E-state index in [4.69, 9.17) is 9.47 Å². The molecule has 0 N–H and O–H groups in total. The van der Waals surface area contributed by atoms with Crippen molar-refractivity contribution in [2.45, 2.75) is 58.3 Å². The molecule has 3 nitrogen and oxygen atoms in total. The highest BCUT2D eigenvalue weighted by molar-refractivity contribution is 5.93. The normalized spacial score (nSPS) is 15.5. The van der Waals surface area contributed by atoms with Crippen LogP contribution in [0.5, 0.6) is 11.5 Å². The van der Waals surface area contributed by atoms with Gasteiger partial charge in [0.15, 0.2) is 11.5 Å².